The molecule has 0 aromatic carbocycles. The molecule has 0 spiro atoms. The summed E-state index contributed by atoms with van der Waals surface area (Å²) in [6.07, 6.45) is 3.92. The van der Waals surface area contributed by atoms with Gasteiger partial charge in [-0.1, -0.05) is 20.8 Å². The van der Waals surface area contributed by atoms with E-state index in [9.17, 15) is 0 Å². The Morgan fingerprint density at radius 2 is 1.89 bits per heavy atom. The molecule has 1 N–H and O–H groups in total. The predicted molar refractivity (Wildman–Crippen MR) is 82.5 cm³/mol. The van der Waals surface area contributed by atoms with Crippen molar-refractivity contribution in [3.63, 3.8) is 0 Å². The van der Waals surface area contributed by atoms with Gasteiger partial charge in [0.25, 0.3) is 0 Å². The third kappa shape index (κ3) is 3.50. The first-order valence-electron chi connectivity index (χ1n) is 8.14. The molecule has 2 atom stereocenters. The smallest absolute Gasteiger partial charge is 0.0278 e. The van der Waals surface area contributed by atoms with Gasteiger partial charge < -0.3 is 10.2 Å². The lowest BCUT2D eigenvalue weighted by Crippen LogP contribution is -2.66. The van der Waals surface area contributed by atoms with Crippen LogP contribution in [0.15, 0.2) is 0 Å². The van der Waals surface area contributed by atoms with Crippen LogP contribution in [0.3, 0.4) is 0 Å². The van der Waals surface area contributed by atoms with Gasteiger partial charge in [0.2, 0.25) is 0 Å². The van der Waals surface area contributed by atoms with Crippen LogP contribution in [0.5, 0.6) is 0 Å². The maximum absolute atomic E-state index is 3.80. The molecule has 2 unspecified atom stereocenters. The molecule has 19 heavy (non-hydrogen) atoms. The summed E-state index contributed by atoms with van der Waals surface area (Å²) in [4.78, 5) is 5.32. The molecule has 0 aromatic rings. The van der Waals surface area contributed by atoms with E-state index in [2.05, 4.69) is 49.9 Å². The molecular weight excluding hydrogens is 234 g/mol. The Morgan fingerprint density at radius 3 is 2.42 bits per heavy atom. The van der Waals surface area contributed by atoms with E-state index in [0.29, 0.717) is 11.6 Å². The second-order valence-corrected chi connectivity index (χ2v) is 7.31. The minimum absolute atomic E-state index is 0.314. The van der Waals surface area contributed by atoms with Crippen molar-refractivity contribution in [1.29, 1.82) is 0 Å². The van der Waals surface area contributed by atoms with E-state index in [-0.39, 0.29) is 0 Å². The summed E-state index contributed by atoms with van der Waals surface area (Å²) < 4.78 is 0. The van der Waals surface area contributed by atoms with Crippen molar-refractivity contribution in [3.8, 4) is 0 Å². The first-order valence-corrected chi connectivity index (χ1v) is 8.14. The van der Waals surface area contributed by atoms with Gasteiger partial charge in [0, 0.05) is 30.7 Å². The van der Waals surface area contributed by atoms with Gasteiger partial charge in [-0.15, -0.1) is 0 Å². The molecule has 0 bridgehead atoms. The fourth-order valence-corrected chi connectivity index (χ4v) is 3.63. The van der Waals surface area contributed by atoms with Crippen molar-refractivity contribution >= 4 is 0 Å². The van der Waals surface area contributed by atoms with Crippen LogP contribution in [-0.4, -0.2) is 60.6 Å². The predicted octanol–water partition coefficient (Wildman–Crippen LogP) is 2.18. The van der Waals surface area contributed by atoms with Crippen molar-refractivity contribution < 1.29 is 0 Å². The molecule has 2 fully saturated rings. The molecule has 2 rings (SSSR count). The Bertz CT molecular complexity index is 284. The second-order valence-electron chi connectivity index (χ2n) is 7.31. The topological polar surface area (TPSA) is 18.5 Å². The number of hydrogen-bond donors (Lipinski definition) is 1. The van der Waals surface area contributed by atoms with E-state index in [0.717, 1.165) is 18.5 Å². The van der Waals surface area contributed by atoms with Crippen LogP contribution in [0.25, 0.3) is 0 Å². The van der Waals surface area contributed by atoms with Gasteiger partial charge >= 0.3 is 0 Å². The Hall–Kier alpha value is -0.120. The number of nitrogens with one attached hydrogen (secondary N) is 1. The molecule has 2 heterocycles. The van der Waals surface area contributed by atoms with Crippen molar-refractivity contribution in [2.75, 3.05) is 33.2 Å². The van der Waals surface area contributed by atoms with Crippen LogP contribution in [0, 0.1) is 5.92 Å². The molecule has 3 heteroatoms. The van der Waals surface area contributed by atoms with Crippen molar-refractivity contribution in [2.45, 2.75) is 64.6 Å². The summed E-state index contributed by atoms with van der Waals surface area (Å²) in [5.74, 6) is 0.744. The van der Waals surface area contributed by atoms with Crippen LogP contribution in [0.1, 0.15) is 47.0 Å². The molecule has 2 aliphatic rings. The maximum atomic E-state index is 3.80. The van der Waals surface area contributed by atoms with E-state index in [1.807, 2.05) is 0 Å². The van der Waals surface area contributed by atoms with E-state index in [1.54, 1.807) is 0 Å². The highest BCUT2D eigenvalue weighted by Gasteiger charge is 2.39. The zero-order valence-electron chi connectivity index (χ0n) is 13.6. The zero-order valence-corrected chi connectivity index (χ0v) is 13.6. The molecule has 0 amide bonds. The van der Waals surface area contributed by atoms with Crippen molar-refractivity contribution in [2.24, 2.45) is 5.92 Å². The number of rotatable bonds is 3. The Balaban J connectivity index is 2.07. The molecule has 2 aliphatic heterocycles. The number of piperidine rings is 1. The Morgan fingerprint density at radius 1 is 1.26 bits per heavy atom. The van der Waals surface area contributed by atoms with Gasteiger partial charge in [-0.05, 0) is 52.2 Å². The maximum Gasteiger partial charge on any atom is 0.0278 e. The monoisotopic (exact) mass is 267 g/mol. The normalized spacial score (nSPS) is 36.0. The summed E-state index contributed by atoms with van der Waals surface area (Å²) >= 11 is 0. The molecule has 3 nitrogen and oxygen atoms in total. The minimum atomic E-state index is 0.314. The quantitative estimate of drug-likeness (QED) is 0.845. The molecular formula is C16H33N3. The fourth-order valence-electron chi connectivity index (χ4n) is 3.63. The number of piperazine rings is 1. The first kappa shape index (κ1) is 15.3. The lowest BCUT2D eigenvalue weighted by molar-refractivity contribution is 0.00341. The Kier molecular flexibility index (Phi) is 4.91. The summed E-state index contributed by atoms with van der Waals surface area (Å²) in [6.45, 7) is 14.4. The summed E-state index contributed by atoms with van der Waals surface area (Å²) in [5.41, 5.74) is 0.314. The van der Waals surface area contributed by atoms with Crippen LogP contribution >= 0.6 is 0 Å². The third-order valence-corrected chi connectivity index (χ3v) is 5.40. The van der Waals surface area contributed by atoms with Gasteiger partial charge in [-0.25, -0.2) is 0 Å². The summed E-state index contributed by atoms with van der Waals surface area (Å²) in [5, 5.41) is 3.80. The SMILES string of the molecule is CCC1(C)CN(C2CCN(C)CC2)C(C(C)C)CN1. The van der Waals surface area contributed by atoms with E-state index in [4.69, 9.17) is 0 Å². The van der Waals surface area contributed by atoms with Gasteiger partial charge in [-0.3, -0.25) is 4.90 Å². The van der Waals surface area contributed by atoms with E-state index < -0.39 is 0 Å². The molecule has 2 saturated heterocycles. The number of nitrogens with zero attached hydrogens (tertiary/aromatic N) is 2. The van der Waals surface area contributed by atoms with Gasteiger partial charge in [-0.2, -0.15) is 0 Å². The van der Waals surface area contributed by atoms with Crippen molar-refractivity contribution in [1.82, 2.24) is 15.1 Å². The van der Waals surface area contributed by atoms with Crippen molar-refractivity contribution in [3.05, 3.63) is 0 Å². The Labute approximate surface area is 119 Å². The lowest BCUT2D eigenvalue weighted by atomic mass is 9.87. The third-order valence-electron chi connectivity index (χ3n) is 5.40. The van der Waals surface area contributed by atoms with Gasteiger partial charge in [0.05, 0.1) is 0 Å². The lowest BCUT2D eigenvalue weighted by Gasteiger charge is -2.52. The second kappa shape index (κ2) is 6.11. The summed E-state index contributed by atoms with van der Waals surface area (Å²) in [7, 11) is 2.25. The zero-order chi connectivity index (χ0) is 14.0. The largest absolute Gasteiger partial charge is 0.309 e. The average Bonchev–Trinajstić information content (AvgIpc) is 2.39. The molecule has 0 aromatic heterocycles. The molecule has 0 aliphatic carbocycles. The van der Waals surface area contributed by atoms with E-state index in [1.165, 1.54) is 38.9 Å². The van der Waals surface area contributed by atoms with Gasteiger partial charge in [0.1, 0.15) is 0 Å². The van der Waals surface area contributed by atoms with Crippen LogP contribution < -0.4 is 5.32 Å². The fraction of sp³-hybridized carbons (Fsp3) is 1.00. The van der Waals surface area contributed by atoms with Crippen LogP contribution in [-0.2, 0) is 0 Å². The van der Waals surface area contributed by atoms with Gasteiger partial charge in [0.15, 0.2) is 0 Å². The standard InChI is InChI=1S/C16H33N3/c1-6-16(4)12-19(15(11-17-16)13(2)3)14-7-9-18(5)10-8-14/h13-15,17H,6-12H2,1-5H3. The number of likely N-dealkylation sites (tertiary alicyclic amines) is 1. The first-order chi connectivity index (χ1) is 8.95. The van der Waals surface area contributed by atoms with Crippen LogP contribution in [0.2, 0.25) is 0 Å². The molecule has 0 saturated carbocycles. The molecule has 0 radical (unpaired) electrons. The highest BCUT2D eigenvalue weighted by Crippen LogP contribution is 2.28. The summed E-state index contributed by atoms with van der Waals surface area (Å²) in [6, 6.07) is 1.52. The minimum Gasteiger partial charge on any atom is -0.309 e. The average molecular weight is 267 g/mol. The number of hydrogen-bond acceptors (Lipinski definition) is 3. The highest BCUT2D eigenvalue weighted by atomic mass is 15.3. The molecule has 112 valence electrons. The highest BCUT2D eigenvalue weighted by molar-refractivity contribution is 4.98. The van der Waals surface area contributed by atoms with Crippen LogP contribution in [0.4, 0.5) is 0 Å². The van der Waals surface area contributed by atoms with E-state index >= 15 is 0 Å².